The molecular weight excluding hydrogens is 348 g/mol. The third-order valence-corrected chi connectivity index (χ3v) is 4.08. The molecule has 0 saturated heterocycles. The third-order valence-electron chi connectivity index (χ3n) is 4.08. The first kappa shape index (κ1) is 20.1. The van der Waals surface area contributed by atoms with Crippen LogP contribution in [0.3, 0.4) is 0 Å². The van der Waals surface area contributed by atoms with Crippen molar-refractivity contribution in [2.45, 2.75) is 13.5 Å². The van der Waals surface area contributed by atoms with Crippen LogP contribution >= 0.6 is 0 Å². The molecule has 2 amide bonds. The van der Waals surface area contributed by atoms with Crippen molar-refractivity contribution in [3.05, 3.63) is 53.1 Å². The van der Waals surface area contributed by atoms with Crippen molar-refractivity contribution in [1.82, 2.24) is 4.90 Å². The van der Waals surface area contributed by atoms with Crippen LogP contribution in [0.4, 0.5) is 0 Å². The number of carbonyl (C=O) groups excluding carboxylic acids is 2. The molecule has 0 unspecified atom stereocenters. The van der Waals surface area contributed by atoms with E-state index in [0.717, 1.165) is 11.1 Å². The largest absolute Gasteiger partial charge is 0.493 e. The summed E-state index contributed by atoms with van der Waals surface area (Å²) >= 11 is 0. The van der Waals surface area contributed by atoms with E-state index in [4.69, 9.17) is 19.9 Å². The topological polar surface area (TPSA) is 91.1 Å². The Balaban J connectivity index is 2.23. The number of benzene rings is 2. The van der Waals surface area contributed by atoms with Gasteiger partial charge in [-0.1, -0.05) is 12.1 Å². The van der Waals surface area contributed by atoms with Crippen molar-refractivity contribution in [2.75, 3.05) is 27.9 Å². The monoisotopic (exact) mass is 372 g/mol. The van der Waals surface area contributed by atoms with Gasteiger partial charge in [-0.25, -0.2) is 0 Å². The number of aryl methyl sites for hydroxylation is 1. The van der Waals surface area contributed by atoms with Crippen molar-refractivity contribution in [3.63, 3.8) is 0 Å². The Kier molecular flexibility index (Phi) is 6.65. The number of nitrogens with zero attached hydrogens (tertiary/aromatic N) is 1. The van der Waals surface area contributed by atoms with Crippen LogP contribution in [-0.4, -0.2) is 44.6 Å². The zero-order chi connectivity index (χ0) is 20.0. The summed E-state index contributed by atoms with van der Waals surface area (Å²) in [5, 5.41) is 0. The Hall–Kier alpha value is -3.22. The molecule has 0 radical (unpaired) electrons. The Bertz CT molecular complexity index is 835. The fourth-order valence-electron chi connectivity index (χ4n) is 2.64. The van der Waals surface area contributed by atoms with Crippen LogP contribution in [-0.2, 0) is 11.3 Å². The third kappa shape index (κ3) is 4.91. The number of ether oxygens (including phenoxy) is 3. The van der Waals surface area contributed by atoms with Gasteiger partial charge in [-0.3, -0.25) is 9.59 Å². The minimum atomic E-state index is -0.605. The minimum Gasteiger partial charge on any atom is -0.493 e. The SMILES string of the molecule is COc1cc(C)c(CN(C)C(=O)c2ccccc2OCC(N)=O)cc1OC. The highest BCUT2D eigenvalue weighted by molar-refractivity contribution is 5.96. The van der Waals surface area contributed by atoms with Crippen LogP contribution < -0.4 is 19.9 Å². The normalized spacial score (nSPS) is 10.2. The van der Waals surface area contributed by atoms with E-state index < -0.39 is 5.91 Å². The molecule has 0 aliphatic heterocycles. The molecule has 2 N–H and O–H groups in total. The molecule has 0 atom stereocenters. The summed E-state index contributed by atoms with van der Waals surface area (Å²) in [6, 6.07) is 10.5. The second-order valence-corrected chi connectivity index (χ2v) is 6.05. The molecule has 7 nitrogen and oxygen atoms in total. The van der Waals surface area contributed by atoms with Gasteiger partial charge in [0.1, 0.15) is 5.75 Å². The Labute approximate surface area is 158 Å². The van der Waals surface area contributed by atoms with Crippen molar-refractivity contribution in [2.24, 2.45) is 5.73 Å². The quantitative estimate of drug-likeness (QED) is 0.767. The highest BCUT2D eigenvalue weighted by atomic mass is 16.5. The van der Waals surface area contributed by atoms with E-state index in [-0.39, 0.29) is 12.5 Å². The molecule has 0 aliphatic rings. The van der Waals surface area contributed by atoms with Gasteiger partial charge in [-0.15, -0.1) is 0 Å². The highest BCUT2D eigenvalue weighted by Crippen LogP contribution is 2.31. The number of hydrogen-bond acceptors (Lipinski definition) is 5. The number of carbonyl (C=O) groups is 2. The number of nitrogens with two attached hydrogens (primary N) is 1. The summed E-state index contributed by atoms with van der Waals surface area (Å²) in [5.74, 6) is 0.718. The number of methoxy groups -OCH3 is 2. The summed E-state index contributed by atoms with van der Waals surface area (Å²) in [5.41, 5.74) is 7.38. The molecule has 144 valence electrons. The predicted octanol–water partition coefficient (Wildman–Crippen LogP) is 2.15. The van der Waals surface area contributed by atoms with Crippen molar-refractivity contribution < 1.29 is 23.8 Å². The molecule has 27 heavy (non-hydrogen) atoms. The second kappa shape index (κ2) is 8.93. The number of amides is 2. The molecule has 0 aliphatic carbocycles. The molecule has 0 spiro atoms. The smallest absolute Gasteiger partial charge is 0.257 e. The van der Waals surface area contributed by atoms with Crippen molar-refractivity contribution in [1.29, 1.82) is 0 Å². The van der Waals surface area contributed by atoms with Gasteiger partial charge in [0.15, 0.2) is 18.1 Å². The van der Waals surface area contributed by atoms with Gasteiger partial charge < -0.3 is 24.8 Å². The van der Waals surface area contributed by atoms with Crippen LogP contribution in [0.5, 0.6) is 17.2 Å². The van der Waals surface area contributed by atoms with E-state index in [1.54, 1.807) is 50.4 Å². The van der Waals surface area contributed by atoms with Crippen LogP contribution in [0.15, 0.2) is 36.4 Å². The summed E-state index contributed by atoms with van der Waals surface area (Å²) in [4.78, 5) is 25.4. The molecule has 2 rings (SSSR count). The summed E-state index contributed by atoms with van der Waals surface area (Å²) in [6.45, 7) is 2.03. The lowest BCUT2D eigenvalue weighted by Crippen LogP contribution is -2.28. The summed E-state index contributed by atoms with van der Waals surface area (Å²) in [7, 11) is 4.84. The molecule has 2 aromatic rings. The van der Waals surface area contributed by atoms with Crippen LogP contribution in [0, 0.1) is 6.92 Å². The standard InChI is InChI=1S/C20H24N2O5/c1-13-9-17(25-3)18(26-4)10-14(13)11-22(2)20(24)15-7-5-6-8-16(15)27-12-19(21)23/h5-10H,11-12H2,1-4H3,(H2,21,23). The molecule has 7 heteroatoms. The van der Waals surface area contributed by atoms with Crippen LogP contribution in [0.1, 0.15) is 21.5 Å². The Morgan fingerprint density at radius 1 is 1.04 bits per heavy atom. The number of rotatable bonds is 8. The van der Waals surface area contributed by atoms with Gasteiger partial charge in [0.05, 0.1) is 19.8 Å². The molecule has 0 saturated carbocycles. The zero-order valence-corrected chi connectivity index (χ0v) is 15.9. The fourth-order valence-corrected chi connectivity index (χ4v) is 2.64. The maximum absolute atomic E-state index is 12.9. The van der Waals surface area contributed by atoms with Gasteiger partial charge >= 0.3 is 0 Å². The first-order valence-corrected chi connectivity index (χ1v) is 8.34. The lowest BCUT2D eigenvalue weighted by atomic mass is 10.1. The maximum atomic E-state index is 12.9. The van der Waals surface area contributed by atoms with E-state index in [0.29, 0.717) is 29.4 Å². The number of primary amides is 1. The average molecular weight is 372 g/mol. The number of hydrogen-bond donors (Lipinski definition) is 1. The summed E-state index contributed by atoms with van der Waals surface area (Å²) in [6.07, 6.45) is 0. The summed E-state index contributed by atoms with van der Waals surface area (Å²) < 4.78 is 16.0. The maximum Gasteiger partial charge on any atom is 0.257 e. The zero-order valence-electron chi connectivity index (χ0n) is 15.9. The van der Waals surface area contributed by atoms with Gasteiger partial charge in [0.25, 0.3) is 11.8 Å². The molecule has 0 fully saturated rings. The molecular formula is C20H24N2O5. The first-order valence-electron chi connectivity index (χ1n) is 8.34. The second-order valence-electron chi connectivity index (χ2n) is 6.05. The van der Waals surface area contributed by atoms with Gasteiger partial charge in [0.2, 0.25) is 0 Å². The lowest BCUT2D eigenvalue weighted by molar-refractivity contribution is -0.119. The van der Waals surface area contributed by atoms with E-state index in [9.17, 15) is 9.59 Å². The molecule has 0 heterocycles. The van der Waals surface area contributed by atoms with Gasteiger partial charge in [0, 0.05) is 13.6 Å². The van der Waals surface area contributed by atoms with Gasteiger partial charge in [-0.2, -0.15) is 0 Å². The Morgan fingerprint density at radius 3 is 2.30 bits per heavy atom. The van der Waals surface area contributed by atoms with E-state index >= 15 is 0 Å². The van der Waals surface area contributed by atoms with E-state index in [2.05, 4.69) is 0 Å². The van der Waals surface area contributed by atoms with E-state index in [1.165, 1.54) is 0 Å². The average Bonchev–Trinajstić information content (AvgIpc) is 2.67. The van der Waals surface area contributed by atoms with E-state index in [1.807, 2.05) is 19.1 Å². The van der Waals surface area contributed by atoms with Crippen LogP contribution in [0.2, 0.25) is 0 Å². The fraction of sp³-hybridized carbons (Fsp3) is 0.300. The molecule has 0 aromatic heterocycles. The highest BCUT2D eigenvalue weighted by Gasteiger charge is 2.19. The predicted molar refractivity (Wildman–Crippen MR) is 101 cm³/mol. The molecule has 0 bridgehead atoms. The number of para-hydroxylation sites is 1. The minimum absolute atomic E-state index is 0.232. The van der Waals surface area contributed by atoms with Crippen molar-refractivity contribution >= 4 is 11.8 Å². The van der Waals surface area contributed by atoms with Crippen LogP contribution in [0.25, 0.3) is 0 Å². The molecule has 2 aromatic carbocycles. The van der Waals surface area contributed by atoms with Crippen molar-refractivity contribution in [3.8, 4) is 17.2 Å². The van der Waals surface area contributed by atoms with Gasteiger partial charge in [-0.05, 0) is 42.3 Å². The first-order chi connectivity index (χ1) is 12.9. The Morgan fingerprint density at radius 2 is 1.67 bits per heavy atom. The lowest BCUT2D eigenvalue weighted by Gasteiger charge is -2.21.